The Hall–Kier alpha value is -0.570. The van der Waals surface area contributed by atoms with Gasteiger partial charge in [0, 0.05) is 6.54 Å². The molecular weight excluding hydrogens is 393 g/mol. The van der Waals surface area contributed by atoms with Crippen molar-refractivity contribution in [2.75, 3.05) is 6.54 Å². The average Bonchev–Trinajstić information content (AvgIpc) is 2.73. The molecule has 1 N–H and O–H groups in total. The van der Waals surface area contributed by atoms with Gasteiger partial charge < -0.3 is 19.5 Å². The van der Waals surface area contributed by atoms with E-state index < -0.39 is 39.3 Å². The van der Waals surface area contributed by atoms with Gasteiger partial charge in [-0.1, -0.05) is 34.8 Å². The van der Waals surface area contributed by atoms with E-state index in [0.29, 0.717) is 0 Å². The summed E-state index contributed by atoms with van der Waals surface area (Å²) in [5, 5.41) is 8.89. The smallest absolute Gasteiger partial charge is 0.480 e. The van der Waals surface area contributed by atoms with E-state index in [9.17, 15) is 19.5 Å². The monoisotopic (exact) mass is 405 g/mol. The highest BCUT2D eigenvalue weighted by Gasteiger charge is 2.61. The molecule has 1 amide bonds. The molecule has 2 rings (SSSR count). The molecule has 5 atom stereocenters. The molecule has 0 aromatic heterocycles. The van der Waals surface area contributed by atoms with E-state index in [4.69, 9.17) is 39.5 Å². The predicted octanol–water partition coefficient (Wildman–Crippen LogP) is 2.27. The normalized spacial score (nSPS) is 32.1. The van der Waals surface area contributed by atoms with Crippen molar-refractivity contribution in [3.05, 3.63) is 0 Å². The quantitative estimate of drug-likeness (QED) is 0.425. The minimum atomic E-state index is -1.28. The van der Waals surface area contributed by atoms with Crippen LogP contribution in [0.3, 0.4) is 0 Å². The number of carbonyl (C=O) groups excluding carboxylic acids is 2. The van der Waals surface area contributed by atoms with Crippen LogP contribution in [-0.4, -0.2) is 61.2 Å². The van der Waals surface area contributed by atoms with E-state index in [-0.39, 0.29) is 17.8 Å². The Kier molecular flexibility index (Phi) is 5.50. The second kappa shape index (κ2) is 6.74. The molecule has 11 heteroatoms. The number of fused-ring (bicyclic) bond motifs is 1. The molecular formula is C12H14Cl3NO6S. The van der Waals surface area contributed by atoms with Crippen LogP contribution in [0.4, 0.5) is 4.79 Å². The standard InChI is InChI=1S/C12H14Cl3NO6S/c1-4(21-11(20)22-7(15)6(13)14)5-8(17)16-3-12(2,10(18)19)23-9(5)16/h4-7,9H,3H2,1-2H3,(H,18,19)/t4?,5-,7?,9+,12?/m0/s1. The first-order valence-electron chi connectivity index (χ1n) is 6.58. The van der Waals surface area contributed by atoms with E-state index in [0.717, 1.165) is 11.8 Å². The highest BCUT2D eigenvalue weighted by Crippen LogP contribution is 2.50. The maximum atomic E-state index is 12.1. The molecule has 0 aromatic carbocycles. The van der Waals surface area contributed by atoms with Gasteiger partial charge in [-0.2, -0.15) is 0 Å². The van der Waals surface area contributed by atoms with Crippen molar-refractivity contribution in [2.45, 2.75) is 40.5 Å². The number of carboxylic acid groups (broad SMARTS) is 1. The number of hydrogen-bond acceptors (Lipinski definition) is 6. The fraction of sp³-hybridized carbons (Fsp3) is 0.750. The van der Waals surface area contributed by atoms with Crippen molar-refractivity contribution in [1.82, 2.24) is 4.90 Å². The molecule has 7 nitrogen and oxygen atoms in total. The lowest BCUT2D eigenvalue weighted by Gasteiger charge is -2.43. The maximum absolute atomic E-state index is 12.1. The maximum Gasteiger partial charge on any atom is 0.510 e. The Balaban J connectivity index is 1.94. The number of thioether (sulfide) groups is 1. The summed E-state index contributed by atoms with van der Waals surface area (Å²) in [6.07, 6.45) is -1.90. The SMILES string of the molecule is CC(OC(=O)OC(Cl)C(Cl)Cl)[C@H]1C(=O)N2CC(C)(C(=O)O)S[C@H]12. The highest BCUT2D eigenvalue weighted by atomic mass is 35.5. The zero-order valence-corrected chi connectivity index (χ0v) is 15.2. The Bertz CT molecular complexity index is 535. The van der Waals surface area contributed by atoms with Crippen LogP contribution in [0, 0.1) is 5.92 Å². The van der Waals surface area contributed by atoms with Gasteiger partial charge in [0.1, 0.15) is 16.8 Å². The minimum Gasteiger partial charge on any atom is -0.480 e. The number of carbonyl (C=O) groups is 3. The van der Waals surface area contributed by atoms with Gasteiger partial charge in [-0.3, -0.25) is 9.59 Å². The molecule has 2 fully saturated rings. The first kappa shape index (κ1) is 18.8. The fourth-order valence-electron chi connectivity index (χ4n) is 2.43. The number of nitrogens with zero attached hydrogens (tertiary/aromatic N) is 1. The van der Waals surface area contributed by atoms with Crippen molar-refractivity contribution in [2.24, 2.45) is 5.92 Å². The fourth-order valence-corrected chi connectivity index (χ4v) is 4.24. The van der Waals surface area contributed by atoms with Crippen LogP contribution in [0.5, 0.6) is 0 Å². The summed E-state index contributed by atoms with van der Waals surface area (Å²) >= 11 is 17.6. The largest absolute Gasteiger partial charge is 0.510 e. The van der Waals surface area contributed by atoms with Crippen molar-refractivity contribution < 1.29 is 29.0 Å². The molecule has 0 aromatic rings. The van der Waals surface area contributed by atoms with Gasteiger partial charge >= 0.3 is 12.1 Å². The van der Waals surface area contributed by atoms with E-state index in [1.165, 1.54) is 11.8 Å². The summed E-state index contributed by atoms with van der Waals surface area (Å²) in [6.45, 7) is 3.20. The third kappa shape index (κ3) is 3.60. The molecule has 2 aliphatic heterocycles. The van der Waals surface area contributed by atoms with E-state index >= 15 is 0 Å². The van der Waals surface area contributed by atoms with Crippen LogP contribution >= 0.6 is 46.6 Å². The lowest BCUT2D eigenvalue weighted by Crippen LogP contribution is -2.61. The summed E-state index contributed by atoms with van der Waals surface area (Å²) < 4.78 is 8.58. The number of alkyl halides is 3. The number of amides is 1. The minimum absolute atomic E-state index is 0.119. The summed E-state index contributed by atoms with van der Waals surface area (Å²) in [4.78, 5) is 35.3. The number of rotatable bonds is 5. The zero-order valence-electron chi connectivity index (χ0n) is 12.1. The summed E-state index contributed by atoms with van der Waals surface area (Å²) in [7, 11) is 0. The van der Waals surface area contributed by atoms with Gasteiger partial charge in [0.25, 0.3) is 0 Å². The topological polar surface area (TPSA) is 93.1 Å². The van der Waals surface area contributed by atoms with Crippen molar-refractivity contribution in [3.8, 4) is 0 Å². The average molecular weight is 407 g/mol. The Morgan fingerprint density at radius 3 is 2.52 bits per heavy atom. The first-order valence-corrected chi connectivity index (χ1v) is 8.77. The number of ether oxygens (including phenoxy) is 2. The third-order valence-corrected chi connectivity index (χ3v) is 6.35. The number of halogens is 3. The second-order valence-corrected chi connectivity index (χ2v) is 8.63. The van der Waals surface area contributed by atoms with Crippen molar-refractivity contribution in [1.29, 1.82) is 0 Å². The molecule has 0 aliphatic carbocycles. The zero-order chi connectivity index (χ0) is 17.5. The lowest BCUT2D eigenvalue weighted by atomic mass is 9.92. The molecule has 0 bridgehead atoms. The van der Waals surface area contributed by atoms with Crippen LogP contribution in [-0.2, 0) is 19.1 Å². The number of aliphatic carboxylic acids is 1. The predicted molar refractivity (Wildman–Crippen MR) is 84.8 cm³/mol. The van der Waals surface area contributed by atoms with E-state index in [2.05, 4.69) is 4.74 Å². The second-order valence-electron chi connectivity index (χ2n) is 5.41. The molecule has 2 aliphatic rings. The first-order chi connectivity index (χ1) is 10.6. The van der Waals surface area contributed by atoms with Gasteiger partial charge in [0.05, 0.1) is 5.37 Å². The van der Waals surface area contributed by atoms with Gasteiger partial charge in [-0.15, -0.1) is 11.8 Å². The van der Waals surface area contributed by atoms with E-state index in [1.54, 1.807) is 6.92 Å². The van der Waals surface area contributed by atoms with Crippen LogP contribution in [0.15, 0.2) is 0 Å². The molecule has 2 heterocycles. The Labute approximate surface area is 151 Å². The molecule has 3 unspecified atom stereocenters. The van der Waals surface area contributed by atoms with Gasteiger partial charge in [0.2, 0.25) is 11.5 Å². The molecule has 0 saturated carbocycles. The third-order valence-electron chi connectivity index (χ3n) is 3.68. The lowest BCUT2D eigenvalue weighted by molar-refractivity contribution is -0.157. The molecule has 0 radical (unpaired) electrons. The summed E-state index contributed by atoms with van der Waals surface area (Å²) in [6, 6.07) is 0. The number of hydrogen-bond donors (Lipinski definition) is 1. The Morgan fingerprint density at radius 2 is 2.00 bits per heavy atom. The van der Waals surface area contributed by atoms with E-state index in [1.807, 2.05) is 0 Å². The van der Waals surface area contributed by atoms with Gasteiger partial charge in [-0.25, -0.2) is 4.79 Å². The van der Waals surface area contributed by atoms with Gasteiger partial charge in [0.15, 0.2) is 4.84 Å². The Morgan fingerprint density at radius 1 is 1.39 bits per heavy atom. The highest BCUT2D eigenvalue weighted by molar-refractivity contribution is 8.02. The molecule has 23 heavy (non-hydrogen) atoms. The molecule has 130 valence electrons. The van der Waals surface area contributed by atoms with Crippen molar-refractivity contribution in [3.63, 3.8) is 0 Å². The van der Waals surface area contributed by atoms with Crippen LogP contribution < -0.4 is 0 Å². The van der Waals surface area contributed by atoms with Crippen LogP contribution in [0.1, 0.15) is 13.8 Å². The molecule has 0 spiro atoms. The van der Waals surface area contributed by atoms with Crippen LogP contribution in [0.25, 0.3) is 0 Å². The van der Waals surface area contributed by atoms with Gasteiger partial charge in [-0.05, 0) is 13.8 Å². The number of carboxylic acids is 1. The number of β-lactam (4-membered cyclic amide) rings is 1. The summed E-state index contributed by atoms with van der Waals surface area (Å²) in [5.41, 5.74) is -1.28. The van der Waals surface area contributed by atoms with Crippen LogP contribution in [0.2, 0.25) is 0 Å². The molecule has 2 saturated heterocycles. The van der Waals surface area contributed by atoms with Crippen molar-refractivity contribution >= 4 is 64.6 Å². The summed E-state index contributed by atoms with van der Waals surface area (Å²) in [5.74, 6) is -1.88.